The summed E-state index contributed by atoms with van der Waals surface area (Å²) >= 11 is 5.69. The minimum atomic E-state index is -3.78. The number of benzene rings is 2. The number of rotatable bonds is 3. The van der Waals surface area contributed by atoms with Crippen molar-refractivity contribution in [2.24, 2.45) is 0 Å². The monoisotopic (exact) mass is 300 g/mol. The zero-order chi connectivity index (χ0) is 14.0. The molecule has 0 bridgehead atoms. The van der Waals surface area contributed by atoms with Gasteiger partial charge in [-0.15, -0.1) is 0 Å². The number of sulfonamides is 1. The molecule has 4 nitrogen and oxygen atoms in total. The number of nitrogen functional groups attached to an aromatic ring is 1. The Kier molecular flexibility index (Phi) is 3.64. The van der Waals surface area contributed by atoms with Crippen molar-refractivity contribution in [2.45, 2.75) is 4.90 Å². The van der Waals surface area contributed by atoms with Crippen molar-refractivity contribution in [1.29, 1.82) is 0 Å². The number of nitrogens with one attached hydrogen (secondary N) is 1. The smallest absolute Gasteiger partial charge is 0.261 e. The lowest BCUT2D eigenvalue weighted by Gasteiger charge is -2.10. The highest BCUT2D eigenvalue weighted by Crippen LogP contribution is 2.23. The number of nitrogens with two attached hydrogens (primary N) is 1. The van der Waals surface area contributed by atoms with Crippen LogP contribution in [0.3, 0.4) is 0 Å². The van der Waals surface area contributed by atoms with E-state index < -0.39 is 15.8 Å². The molecule has 0 saturated carbocycles. The third-order valence-corrected chi connectivity index (χ3v) is 4.02. The highest BCUT2D eigenvalue weighted by Gasteiger charge is 2.15. The van der Waals surface area contributed by atoms with Crippen LogP contribution in [0.5, 0.6) is 0 Å². The molecule has 0 aliphatic heterocycles. The molecule has 0 amide bonds. The molecule has 0 unspecified atom stereocenters. The van der Waals surface area contributed by atoms with Crippen LogP contribution < -0.4 is 10.5 Å². The lowest BCUT2D eigenvalue weighted by molar-refractivity contribution is 0.601. The molecule has 2 rings (SSSR count). The molecule has 3 N–H and O–H groups in total. The summed E-state index contributed by atoms with van der Waals surface area (Å²) in [4.78, 5) is 0.0422. The standard InChI is InChI=1S/C12H10ClFN2O2S/c13-8-1-4-10(5-2-8)19(17,18)16-12-6-3-9(14)7-11(12)15/h1-7,16H,15H2. The SMILES string of the molecule is Nc1cc(F)ccc1NS(=O)(=O)c1ccc(Cl)cc1. The summed E-state index contributed by atoms with van der Waals surface area (Å²) in [5, 5.41) is 0.431. The molecule has 0 heterocycles. The molecule has 0 aliphatic rings. The van der Waals surface area contributed by atoms with Gasteiger partial charge >= 0.3 is 0 Å². The quantitative estimate of drug-likeness (QED) is 0.856. The summed E-state index contributed by atoms with van der Waals surface area (Å²) < 4.78 is 39.3. The Morgan fingerprint density at radius 2 is 1.74 bits per heavy atom. The molecule has 0 radical (unpaired) electrons. The first-order chi connectivity index (χ1) is 8.88. The van der Waals surface area contributed by atoms with Gasteiger partial charge in [-0.25, -0.2) is 12.8 Å². The van der Waals surface area contributed by atoms with Crippen molar-refractivity contribution in [1.82, 2.24) is 0 Å². The van der Waals surface area contributed by atoms with Crippen LogP contribution in [0.15, 0.2) is 47.4 Å². The van der Waals surface area contributed by atoms with Crippen LogP contribution in [-0.2, 0) is 10.0 Å². The largest absolute Gasteiger partial charge is 0.397 e. The van der Waals surface area contributed by atoms with E-state index in [0.717, 1.165) is 12.1 Å². The highest BCUT2D eigenvalue weighted by atomic mass is 35.5. The van der Waals surface area contributed by atoms with E-state index in [4.69, 9.17) is 17.3 Å². The molecule has 0 saturated heterocycles. The lowest BCUT2D eigenvalue weighted by atomic mass is 10.3. The second kappa shape index (κ2) is 5.07. The van der Waals surface area contributed by atoms with Crippen molar-refractivity contribution in [3.63, 3.8) is 0 Å². The van der Waals surface area contributed by atoms with Crippen molar-refractivity contribution < 1.29 is 12.8 Å². The average Bonchev–Trinajstić information content (AvgIpc) is 2.33. The van der Waals surface area contributed by atoms with Crippen LogP contribution in [-0.4, -0.2) is 8.42 Å². The first kappa shape index (κ1) is 13.6. The Hall–Kier alpha value is -1.79. The second-order valence-corrected chi connectivity index (χ2v) is 5.91. The Morgan fingerprint density at radius 1 is 1.11 bits per heavy atom. The van der Waals surface area contributed by atoms with Gasteiger partial charge in [0.2, 0.25) is 0 Å². The van der Waals surface area contributed by atoms with E-state index in [1.807, 2.05) is 0 Å². The molecule has 100 valence electrons. The maximum absolute atomic E-state index is 12.9. The summed E-state index contributed by atoms with van der Waals surface area (Å²) in [7, 11) is -3.78. The minimum Gasteiger partial charge on any atom is -0.397 e. The van der Waals surface area contributed by atoms with Gasteiger partial charge in [-0.3, -0.25) is 4.72 Å². The van der Waals surface area contributed by atoms with E-state index in [1.54, 1.807) is 0 Å². The Labute approximate surface area is 115 Å². The van der Waals surface area contributed by atoms with Gasteiger partial charge in [-0.05, 0) is 42.5 Å². The maximum Gasteiger partial charge on any atom is 0.261 e. The van der Waals surface area contributed by atoms with Gasteiger partial charge < -0.3 is 5.73 Å². The van der Waals surface area contributed by atoms with E-state index in [1.165, 1.54) is 30.3 Å². The molecular formula is C12H10ClFN2O2S. The summed E-state index contributed by atoms with van der Waals surface area (Å²) in [6.45, 7) is 0. The summed E-state index contributed by atoms with van der Waals surface area (Å²) in [5.41, 5.74) is 5.68. The summed E-state index contributed by atoms with van der Waals surface area (Å²) in [5.74, 6) is -0.535. The normalized spacial score (nSPS) is 11.3. The predicted molar refractivity (Wildman–Crippen MR) is 73.1 cm³/mol. The molecule has 19 heavy (non-hydrogen) atoms. The van der Waals surface area contributed by atoms with E-state index >= 15 is 0 Å². The first-order valence-corrected chi connectivity index (χ1v) is 7.08. The predicted octanol–water partition coefficient (Wildman–Crippen LogP) is 2.86. The van der Waals surface area contributed by atoms with Crippen LogP contribution in [0.4, 0.5) is 15.8 Å². The zero-order valence-corrected chi connectivity index (χ0v) is 11.2. The molecule has 0 atom stereocenters. The number of anilines is 2. The van der Waals surface area contributed by atoms with E-state index in [0.29, 0.717) is 5.02 Å². The molecule has 2 aromatic rings. The van der Waals surface area contributed by atoms with Gasteiger partial charge in [0, 0.05) is 5.02 Å². The van der Waals surface area contributed by atoms with Gasteiger partial charge in [-0.2, -0.15) is 0 Å². The summed E-state index contributed by atoms with van der Waals surface area (Å²) in [6.07, 6.45) is 0. The van der Waals surface area contributed by atoms with Gasteiger partial charge in [0.05, 0.1) is 16.3 Å². The Morgan fingerprint density at radius 3 is 2.32 bits per heavy atom. The van der Waals surface area contributed by atoms with E-state index in [9.17, 15) is 12.8 Å². The lowest BCUT2D eigenvalue weighted by Crippen LogP contribution is -2.14. The van der Waals surface area contributed by atoms with E-state index in [2.05, 4.69) is 4.72 Å². The van der Waals surface area contributed by atoms with Crippen LogP contribution in [0.2, 0.25) is 5.02 Å². The van der Waals surface area contributed by atoms with Crippen LogP contribution in [0.25, 0.3) is 0 Å². The third kappa shape index (κ3) is 3.15. The topological polar surface area (TPSA) is 72.2 Å². The van der Waals surface area contributed by atoms with Gasteiger partial charge in [0.15, 0.2) is 0 Å². The van der Waals surface area contributed by atoms with Crippen LogP contribution in [0, 0.1) is 5.82 Å². The van der Waals surface area contributed by atoms with Crippen molar-refractivity contribution >= 4 is 33.0 Å². The van der Waals surface area contributed by atoms with Crippen LogP contribution in [0.1, 0.15) is 0 Å². The molecule has 2 aromatic carbocycles. The molecule has 0 spiro atoms. The van der Waals surface area contributed by atoms with Crippen molar-refractivity contribution in [3.05, 3.63) is 53.3 Å². The van der Waals surface area contributed by atoms with E-state index in [-0.39, 0.29) is 16.3 Å². The average molecular weight is 301 g/mol. The number of hydrogen-bond donors (Lipinski definition) is 2. The highest BCUT2D eigenvalue weighted by molar-refractivity contribution is 7.92. The van der Waals surface area contributed by atoms with Gasteiger partial charge in [0.25, 0.3) is 10.0 Å². The zero-order valence-electron chi connectivity index (χ0n) is 9.60. The number of hydrogen-bond acceptors (Lipinski definition) is 3. The molecule has 0 fully saturated rings. The fourth-order valence-corrected chi connectivity index (χ4v) is 2.66. The Balaban J connectivity index is 2.33. The van der Waals surface area contributed by atoms with Crippen molar-refractivity contribution in [3.8, 4) is 0 Å². The molecule has 7 heteroatoms. The fourth-order valence-electron chi connectivity index (χ4n) is 1.44. The fraction of sp³-hybridized carbons (Fsp3) is 0. The minimum absolute atomic E-state index is 0.0116. The number of halogens is 2. The van der Waals surface area contributed by atoms with Crippen molar-refractivity contribution in [2.75, 3.05) is 10.5 Å². The first-order valence-electron chi connectivity index (χ1n) is 5.22. The molecule has 0 aromatic heterocycles. The summed E-state index contributed by atoms with van der Waals surface area (Å²) in [6, 6.07) is 9.08. The maximum atomic E-state index is 12.9. The van der Waals surface area contributed by atoms with Gasteiger partial charge in [0.1, 0.15) is 5.82 Å². The third-order valence-electron chi connectivity index (χ3n) is 2.38. The van der Waals surface area contributed by atoms with Crippen LogP contribution >= 0.6 is 11.6 Å². The second-order valence-electron chi connectivity index (χ2n) is 3.79. The molecular weight excluding hydrogens is 291 g/mol. The Bertz CT molecular complexity index is 702. The molecule has 0 aliphatic carbocycles. The van der Waals surface area contributed by atoms with Gasteiger partial charge in [-0.1, -0.05) is 11.6 Å².